The molecule has 0 unspecified atom stereocenters. The van der Waals surface area contributed by atoms with Crippen LogP contribution >= 0.6 is 0 Å². The van der Waals surface area contributed by atoms with E-state index in [1.54, 1.807) is 4.90 Å². The Morgan fingerprint density at radius 3 is 2.81 bits per heavy atom. The number of rotatable bonds is 5. The van der Waals surface area contributed by atoms with Crippen LogP contribution in [-0.2, 0) is 16.8 Å². The number of oxazole rings is 1. The van der Waals surface area contributed by atoms with E-state index in [9.17, 15) is 9.59 Å². The number of hydrogen-bond donors (Lipinski definition) is 1. The van der Waals surface area contributed by atoms with Gasteiger partial charge in [0.05, 0.1) is 5.69 Å². The lowest BCUT2D eigenvalue weighted by Gasteiger charge is -2.30. The molecule has 2 amide bonds. The molecule has 27 heavy (non-hydrogen) atoms. The summed E-state index contributed by atoms with van der Waals surface area (Å²) >= 11 is 0. The Bertz CT molecular complexity index is 851. The SMILES string of the molecule is CCCNC(=O)c1coc(CN2C(=O)COc3ccc(C(C)(C)C)cc32)n1. The number of fused-ring (bicyclic) bond motifs is 1. The van der Waals surface area contributed by atoms with Gasteiger partial charge in [-0.3, -0.25) is 14.5 Å². The Hall–Kier alpha value is -2.83. The molecule has 144 valence electrons. The van der Waals surface area contributed by atoms with Gasteiger partial charge in [0.25, 0.3) is 11.8 Å². The Kier molecular flexibility index (Phi) is 5.21. The minimum Gasteiger partial charge on any atom is -0.482 e. The van der Waals surface area contributed by atoms with Gasteiger partial charge in [0.15, 0.2) is 12.3 Å². The van der Waals surface area contributed by atoms with Gasteiger partial charge < -0.3 is 14.5 Å². The van der Waals surface area contributed by atoms with Crippen LogP contribution in [0.25, 0.3) is 0 Å². The Morgan fingerprint density at radius 2 is 2.11 bits per heavy atom. The fraction of sp³-hybridized carbons (Fsp3) is 0.450. The Morgan fingerprint density at radius 1 is 1.33 bits per heavy atom. The van der Waals surface area contributed by atoms with Crippen molar-refractivity contribution in [2.75, 3.05) is 18.1 Å². The van der Waals surface area contributed by atoms with E-state index in [1.165, 1.54) is 6.26 Å². The van der Waals surface area contributed by atoms with Gasteiger partial charge in [-0.1, -0.05) is 33.8 Å². The Labute approximate surface area is 158 Å². The van der Waals surface area contributed by atoms with Crippen molar-refractivity contribution in [3.05, 3.63) is 41.6 Å². The summed E-state index contributed by atoms with van der Waals surface area (Å²) in [6.45, 7) is 8.99. The first-order valence-electron chi connectivity index (χ1n) is 9.10. The van der Waals surface area contributed by atoms with Crippen LogP contribution in [0.1, 0.15) is 56.1 Å². The summed E-state index contributed by atoms with van der Waals surface area (Å²) in [5.41, 5.74) is 1.93. The fourth-order valence-electron chi connectivity index (χ4n) is 2.79. The molecule has 0 radical (unpaired) electrons. The molecule has 7 heteroatoms. The second-order valence-corrected chi connectivity index (χ2v) is 7.58. The van der Waals surface area contributed by atoms with Crippen molar-refractivity contribution in [3.63, 3.8) is 0 Å². The van der Waals surface area contributed by atoms with Crippen molar-refractivity contribution in [3.8, 4) is 5.75 Å². The summed E-state index contributed by atoms with van der Waals surface area (Å²) in [4.78, 5) is 30.3. The molecular formula is C20H25N3O4. The summed E-state index contributed by atoms with van der Waals surface area (Å²) in [5, 5.41) is 2.75. The van der Waals surface area contributed by atoms with Crippen LogP contribution in [0.3, 0.4) is 0 Å². The molecule has 0 saturated heterocycles. The fourth-order valence-corrected chi connectivity index (χ4v) is 2.79. The van der Waals surface area contributed by atoms with E-state index in [0.29, 0.717) is 23.9 Å². The summed E-state index contributed by atoms with van der Waals surface area (Å²) in [6.07, 6.45) is 2.16. The first kappa shape index (κ1) is 18.9. The van der Waals surface area contributed by atoms with Crippen molar-refractivity contribution in [1.82, 2.24) is 10.3 Å². The van der Waals surface area contributed by atoms with E-state index in [0.717, 1.165) is 12.0 Å². The standard InChI is InChI=1S/C20H25N3O4/c1-5-8-21-19(25)14-11-27-17(22-14)10-23-15-9-13(20(2,3)4)6-7-16(15)26-12-18(23)24/h6-7,9,11H,5,8,10,12H2,1-4H3,(H,21,25). The van der Waals surface area contributed by atoms with Crippen LogP contribution < -0.4 is 15.0 Å². The van der Waals surface area contributed by atoms with Crippen LogP contribution in [0.2, 0.25) is 0 Å². The monoisotopic (exact) mass is 371 g/mol. The number of carbonyl (C=O) groups excluding carboxylic acids is 2. The molecule has 2 heterocycles. The van der Waals surface area contributed by atoms with Gasteiger partial charge in [0.1, 0.15) is 18.6 Å². The van der Waals surface area contributed by atoms with Gasteiger partial charge in [0, 0.05) is 6.54 Å². The summed E-state index contributed by atoms with van der Waals surface area (Å²) in [6, 6.07) is 5.85. The van der Waals surface area contributed by atoms with Gasteiger partial charge in [-0.2, -0.15) is 0 Å². The predicted octanol–water partition coefficient (Wildman–Crippen LogP) is 3.04. The Balaban J connectivity index is 1.85. The zero-order valence-electron chi connectivity index (χ0n) is 16.2. The number of amides is 2. The number of carbonyl (C=O) groups is 2. The number of ether oxygens (including phenoxy) is 1. The lowest BCUT2D eigenvalue weighted by atomic mass is 9.86. The van der Waals surface area contributed by atoms with Gasteiger partial charge in [-0.05, 0) is 29.5 Å². The molecule has 1 aliphatic heterocycles. The molecule has 0 saturated carbocycles. The quantitative estimate of drug-likeness (QED) is 0.873. The van der Waals surface area contributed by atoms with E-state index in [-0.39, 0.29) is 36.1 Å². The molecule has 0 aliphatic carbocycles. The normalized spacial score (nSPS) is 13.9. The number of benzene rings is 1. The highest BCUT2D eigenvalue weighted by molar-refractivity contribution is 5.98. The largest absolute Gasteiger partial charge is 0.482 e. The van der Waals surface area contributed by atoms with Crippen LogP contribution in [0.4, 0.5) is 5.69 Å². The number of aromatic nitrogens is 1. The number of nitrogens with zero attached hydrogens (tertiary/aromatic N) is 2. The zero-order chi connectivity index (χ0) is 19.6. The van der Waals surface area contributed by atoms with E-state index in [2.05, 4.69) is 31.1 Å². The van der Waals surface area contributed by atoms with E-state index >= 15 is 0 Å². The lowest BCUT2D eigenvalue weighted by molar-refractivity contribution is -0.121. The minimum absolute atomic E-state index is 0.0353. The maximum Gasteiger partial charge on any atom is 0.273 e. The average Bonchev–Trinajstić information content (AvgIpc) is 3.09. The second-order valence-electron chi connectivity index (χ2n) is 7.58. The van der Waals surface area contributed by atoms with Crippen LogP contribution in [-0.4, -0.2) is 29.9 Å². The summed E-state index contributed by atoms with van der Waals surface area (Å²) in [5.74, 6) is 0.494. The first-order chi connectivity index (χ1) is 12.8. The molecular weight excluding hydrogens is 346 g/mol. The molecule has 1 aromatic heterocycles. The van der Waals surface area contributed by atoms with E-state index in [1.807, 2.05) is 25.1 Å². The second kappa shape index (κ2) is 7.42. The highest BCUT2D eigenvalue weighted by atomic mass is 16.5. The van der Waals surface area contributed by atoms with Crippen molar-refractivity contribution in [2.24, 2.45) is 0 Å². The maximum atomic E-state index is 12.5. The number of hydrogen-bond acceptors (Lipinski definition) is 5. The van der Waals surface area contributed by atoms with E-state index < -0.39 is 0 Å². The number of anilines is 1. The number of nitrogens with one attached hydrogen (secondary N) is 1. The maximum absolute atomic E-state index is 12.5. The van der Waals surface area contributed by atoms with E-state index in [4.69, 9.17) is 9.15 Å². The van der Waals surface area contributed by atoms with Crippen LogP contribution in [0, 0.1) is 0 Å². The third-order valence-electron chi connectivity index (χ3n) is 4.38. The minimum atomic E-state index is -0.282. The smallest absolute Gasteiger partial charge is 0.273 e. The first-order valence-corrected chi connectivity index (χ1v) is 9.10. The van der Waals surface area contributed by atoms with Crippen molar-refractivity contribution < 1.29 is 18.7 Å². The highest BCUT2D eigenvalue weighted by Gasteiger charge is 2.29. The average molecular weight is 371 g/mol. The predicted molar refractivity (Wildman–Crippen MR) is 101 cm³/mol. The van der Waals surface area contributed by atoms with Gasteiger partial charge in [-0.25, -0.2) is 4.98 Å². The van der Waals surface area contributed by atoms with Gasteiger partial charge >= 0.3 is 0 Å². The highest BCUT2D eigenvalue weighted by Crippen LogP contribution is 2.37. The molecule has 1 aromatic carbocycles. The van der Waals surface area contributed by atoms with Crippen molar-refractivity contribution in [2.45, 2.75) is 46.1 Å². The molecule has 0 spiro atoms. The van der Waals surface area contributed by atoms with Gasteiger partial charge in [0.2, 0.25) is 5.89 Å². The molecule has 0 fully saturated rings. The molecule has 2 aromatic rings. The van der Waals surface area contributed by atoms with Crippen LogP contribution in [0.15, 0.2) is 28.9 Å². The molecule has 0 atom stereocenters. The molecule has 7 nitrogen and oxygen atoms in total. The zero-order valence-corrected chi connectivity index (χ0v) is 16.2. The molecule has 1 N–H and O–H groups in total. The van der Waals surface area contributed by atoms with Crippen molar-refractivity contribution in [1.29, 1.82) is 0 Å². The third kappa shape index (κ3) is 4.13. The molecule has 3 rings (SSSR count). The van der Waals surface area contributed by atoms with Crippen molar-refractivity contribution >= 4 is 17.5 Å². The van der Waals surface area contributed by atoms with Crippen LogP contribution in [0.5, 0.6) is 5.75 Å². The lowest BCUT2D eigenvalue weighted by Crippen LogP contribution is -2.38. The molecule has 0 bridgehead atoms. The topological polar surface area (TPSA) is 84.7 Å². The third-order valence-corrected chi connectivity index (χ3v) is 4.38. The summed E-state index contributed by atoms with van der Waals surface area (Å²) < 4.78 is 11.0. The molecule has 1 aliphatic rings. The summed E-state index contributed by atoms with van der Waals surface area (Å²) in [7, 11) is 0. The van der Waals surface area contributed by atoms with Gasteiger partial charge in [-0.15, -0.1) is 0 Å².